The molecule has 2 heteroatoms. The van der Waals surface area contributed by atoms with Crippen molar-refractivity contribution in [3.8, 4) is 0 Å². The van der Waals surface area contributed by atoms with Gasteiger partial charge in [0.15, 0.2) is 0 Å². The molecule has 0 aromatic heterocycles. The Morgan fingerprint density at radius 2 is 2.29 bits per heavy atom. The fourth-order valence-corrected chi connectivity index (χ4v) is 2.65. The number of ether oxygens (including phenoxy) is 2. The molecule has 1 aliphatic carbocycles. The summed E-state index contributed by atoms with van der Waals surface area (Å²) in [5, 5.41) is 0. The van der Waals surface area contributed by atoms with Crippen LogP contribution in [0, 0.1) is 5.41 Å². The molecule has 2 aliphatic rings. The van der Waals surface area contributed by atoms with Gasteiger partial charge in [-0.15, -0.1) is 0 Å². The van der Waals surface area contributed by atoms with Crippen LogP contribution in [0.15, 0.2) is 0 Å². The van der Waals surface area contributed by atoms with Crippen LogP contribution in [-0.2, 0) is 9.47 Å². The molecular formula is C12H22O2. The molecule has 1 aliphatic heterocycles. The average molecular weight is 198 g/mol. The SMILES string of the molecule is CCCCOC1CC2(CCCOC2)C1. The van der Waals surface area contributed by atoms with Crippen molar-refractivity contribution in [2.45, 2.75) is 51.6 Å². The zero-order valence-corrected chi connectivity index (χ0v) is 9.26. The van der Waals surface area contributed by atoms with Crippen molar-refractivity contribution >= 4 is 0 Å². The van der Waals surface area contributed by atoms with Gasteiger partial charge >= 0.3 is 0 Å². The van der Waals surface area contributed by atoms with Gasteiger partial charge in [0, 0.05) is 13.2 Å². The van der Waals surface area contributed by atoms with Gasteiger partial charge in [0.25, 0.3) is 0 Å². The molecule has 0 atom stereocenters. The van der Waals surface area contributed by atoms with E-state index in [1.54, 1.807) is 0 Å². The minimum atomic E-state index is 0.523. The van der Waals surface area contributed by atoms with Gasteiger partial charge in [0.2, 0.25) is 0 Å². The summed E-state index contributed by atoms with van der Waals surface area (Å²) in [6.07, 6.45) is 8.10. The molecule has 0 amide bonds. The third-order valence-electron chi connectivity index (χ3n) is 3.58. The van der Waals surface area contributed by atoms with E-state index in [-0.39, 0.29) is 0 Å². The van der Waals surface area contributed by atoms with Gasteiger partial charge in [-0.25, -0.2) is 0 Å². The first-order chi connectivity index (χ1) is 6.85. The lowest BCUT2D eigenvalue weighted by Gasteiger charge is -2.49. The van der Waals surface area contributed by atoms with Crippen molar-refractivity contribution in [1.82, 2.24) is 0 Å². The van der Waals surface area contributed by atoms with E-state index in [4.69, 9.17) is 9.47 Å². The van der Waals surface area contributed by atoms with Crippen molar-refractivity contribution < 1.29 is 9.47 Å². The summed E-state index contributed by atoms with van der Waals surface area (Å²) in [5.74, 6) is 0. The van der Waals surface area contributed by atoms with Crippen LogP contribution >= 0.6 is 0 Å². The Morgan fingerprint density at radius 3 is 2.93 bits per heavy atom. The van der Waals surface area contributed by atoms with Crippen LogP contribution in [0.5, 0.6) is 0 Å². The molecule has 2 rings (SSSR count). The molecule has 2 nitrogen and oxygen atoms in total. The Balaban J connectivity index is 1.62. The third kappa shape index (κ3) is 2.29. The van der Waals surface area contributed by atoms with Crippen molar-refractivity contribution in [3.05, 3.63) is 0 Å². The smallest absolute Gasteiger partial charge is 0.0587 e. The van der Waals surface area contributed by atoms with Crippen LogP contribution in [0.3, 0.4) is 0 Å². The minimum Gasteiger partial charge on any atom is -0.381 e. The Labute approximate surface area is 87.0 Å². The van der Waals surface area contributed by atoms with Gasteiger partial charge in [-0.3, -0.25) is 0 Å². The van der Waals surface area contributed by atoms with E-state index in [1.807, 2.05) is 0 Å². The highest BCUT2D eigenvalue weighted by Gasteiger charge is 2.45. The predicted molar refractivity (Wildman–Crippen MR) is 56.4 cm³/mol. The van der Waals surface area contributed by atoms with E-state index in [0.717, 1.165) is 19.8 Å². The Bertz CT molecular complexity index is 165. The number of rotatable bonds is 4. The first kappa shape index (κ1) is 10.4. The quantitative estimate of drug-likeness (QED) is 0.647. The molecular weight excluding hydrogens is 176 g/mol. The van der Waals surface area contributed by atoms with Gasteiger partial charge < -0.3 is 9.47 Å². The van der Waals surface area contributed by atoms with Gasteiger partial charge in [-0.1, -0.05) is 13.3 Å². The predicted octanol–water partition coefficient (Wildman–Crippen LogP) is 2.76. The molecule has 2 fully saturated rings. The number of unbranched alkanes of at least 4 members (excludes halogenated alkanes) is 1. The minimum absolute atomic E-state index is 0.523. The van der Waals surface area contributed by atoms with E-state index in [0.29, 0.717) is 11.5 Å². The summed E-state index contributed by atoms with van der Waals surface area (Å²) in [7, 11) is 0. The van der Waals surface area contributed by atoms with Crippen LogP contribution in [0.4, 0.5) is 0 Å². The van der Waals surface area contributed by atoms with Crippen LogP contribution in [0.2, 0.25) is 0 Å². The molecule has 0 N–H and O–H groups in total. The van der Waals surface area contributed by atoms with Crippen molar-refractivity contribution in [2.75, 3.05) is 19.8 Å². The van der Waals surface area contributed by atoms with Crippen LogP contribution < -0.4 is 0 Å². The van der Waals surface area contributed by atoms with Gasteiger partial charge in [-0.05, 0) is 37.5 Å². The zero-order chi connectivity index (χ0) is 9.86. The molecule has 0 radical (unpaired) electrons. The van der Waals surface area contributed by atoms with E-state index in [1.165, 1.54) is 38.5 Å². The maximum atomic E-state index is 5.79. The highest BCUT2D eigenvalue weighted by atomic mass is 16.5. The maximum absolute atomic E-state index is 5.79. The number of hydrogen-bond acceptors (Lipinski definition) is 2. The second-order valence-electron chi connectivity index (χ2n) is 4.91. The fraction of sp³-hybridized carbons (Fsp3) is 1.00. The van der Waals surface area contributed by atoms with E-state index in [2.05, 4.69) is 6.92 Å². The molecule has 1 heterocycles. The highest BCUT2D eigenvalue weighted by molar-refractivity contribution is 4.95. The van der Waals surface area contributed by atoms with Crippen molar-refractivity contribution in [3.63, 3.8) is 0 Å². The van der Waals surface area contributed by atoms with Gasteiger partial charge in [-0.2, -0.15) is 0 Å². The first-order valence-corrected chi connectivity index (χ1v) is 6.04. The van der Waals surface area contributed by atoms with Crippen LogP contribution in [0.1, 0.15) is 45.4 Å². The normalized spacial score (nSPS) is 37.1. The number of hydrogen-bond donors (Lipinski definition) is 0. The summed E-state index contributed by atoms with van der Waals surface area (Å²) in [4.78, 5) is 0. The van der Waals surface area contributed by atoms with E-state index < -0.39 is 0 Å². The van der Waals surface area contributed by atoms with Crippen molar-refractivity contribution in [2.24, 2.45) is 5.41 Å². The Hall–Kier alpha value is -0.0800. The lowest BCUT2D eigenvalue weighted by Crippen LogP contribution is -2.47. The lowest BCUT2D eigenvalue weighted by molar-refractivity contribution is -0.137. The van der Waals surface area contributed by atoms with Crippen molar-refractivity contribution in [1.29, 1.82) is 0 Å². The van der Waals surface area contributed by atoms with E-state index >= 15 is 0 Å². The molecule has 0 bridgehead atoms. The second kappa shape index (κ2) is 4.63. The lowest BCUT2D eigenvalue weighted by atomic mass is 9.64. The van der Waals surface area contributed by atoms with Gasteiger partial charge in [0.05, 0.1) is 12.7 Å². The zero-order valence-electron chi connectivity index (χ0n) is 9.26. The summed E-state index contributed by atoms with van der Waals surface area (Å²) < 4.78 is 11.3. The Kier molecular flexibility index (Phi) is 3.45. The average Bonchev–Trinajstić information content (AvgIpc) is 2.17. The summed E-state index contributed by atoms with van der Waals surface area (Å²) in [5.41, 5.74) is 0.523. The fourth-order valence-electron chi connectivity index (χ4n) is 2.65. The molecule has 1 saturated carbocycles. The molecule has 1 saturated heterocycles. The second-order valence-corrected chi connectivity index (χ2v) is 4.91. The molecule has 0 aromatic carbocycles. The molecule has 14 heavy (non-hydrogen) atoms. The van der Waals surface area contributed by atoms with Crippen LogP contribution in [0.25, 0.3) is 0 Å². The summed E-state index contributed by atoms with van der Waals surface area (Å²) in [6.45, 7) is 5.13. The third-order valence-corrected chi connectivity index (χ3v) is 3.58. The summed E-state index contributed by atoms with van der Waals surface area (Å²) in [6, 6.07) is 0. The molecule has 0 aromatic rings. The van der Waals surface area contributed by atoms with Gasteiger partial charge in [0.1, 0.15) is 0 Å². The standard InChI is InChI=1S/C12H22O2/c1-2-3-7-14-11-8-12(9-11)5-4-6-13-10-12/h11H,2-10H2,1H3. The largest absolute Gasteiger partial charge is 0.381 e. The topological polar surface area (TPSA) is 18.5 Å². The van der Waals surface area contributed by atoms with Crippen LogP contribution in [-0.4, -0.2) is 25.9 Å². The highest BCUT2D eigenvalue weighted by Crippen LogP contribution is 2.48. The molecule has 1 spiro atoms. The molecule has 0 unspecified atom stereocenters. The monoisotopic (exact) mass is 198 g/mol. The summed E-state index contributed by atoms with van der Waals surface area (Å²) >= 11 is 0. The molecule has 82 valence electrons. The first-order valence-electron chi connectivity index (χ1n) is 6.04. The Morgan fingerprint density at radius 1 is 1.43 bits per heavy atom. The van der Waals surface area contributed by atoms with E-state index in [9.17, 15) is 0 Å². The maximum Gasteiger partial charge on any atom is 0.0587 e.